The van der Waals surface area contributed by atoms with E-state index >= 15 is 0 Å². The summed E-state index contributed by atoms with van der Waals surface area (Å²) < 4.78 is 33.0. The minimum atomic E-state index is -0.450. The van der Waals surface area contributed by atoms with Crippen molar-refractivity contribution < 1.29 is 18.0 Å². The average molecular weight is 375 g/mol. The van der Waals surface area contributed by atoms with Crippen molar-refractivity contribution in [2.24, 2.45) is 5.92 Å². The number of oxazole rings is 1. The molecule has 0 radical (unpaired) electrons. The quantitative estimate of drug-likeness (QED) is 0.825. The number of hydrogen-bond acceptors (Lipinski definition) is 4. The molecule has 2 aliphatic heterocycles. The van der Waals surface area contributed by atoms with Crippen LogP contribution >= 0.6 is 0 Å². The summed E-state index contributed by atoms with van der Waals surface area (Å²) in [6.07, 6.45) is 2.74. The monoisotopic (exact) mass is 375 g/mol. The van der Waals surface area contributed by atoms with Crippen molar-refractivity contribution in [3.8, 4) is 0 Å². The average Bonchev–Trinajstić information content (AvgIpc) is 3.07. The van der Waals surface area contributed by atoms with Crippen LogP contribution in [0.5, 0.6) is 0 Å². The molecule has 7 heteroatoms. The maximum atomic E-state index is 13.9. The van der Waals surface area contributed by atoms with Crippen molar-refractivity contribution >= 4 is 5.91 Å². The van der Waals surface area contributed by atoms with Gasteiger partial charge in [-0.15, -0.1) is 0 Å². The molecule has 1 aromatic carbocycles. The largest absolute Gasteiger partial charge is 0.437 e. The van der Waals surface area contributed by atoms with E-state index in [-0.39, 0.29) is 11.8 Å². The van der Waals surface area contributed by atoms with E-state index in [4.69, 9.17) is 4.42 Å². The summed E-state index contributed by atoms with van der Waals surface area (Å²) in [6.45, 7) is 5.01. The van der Waals surface area contributed by atoms with E-state index in [2.05, 4.69) is 11.9 Å². The van der Waals surface area contributed by atoms with Crippen LogP contribution in [0.15, 0.2) is 22.6 Å². The van der Waals surface area contributed by atoms with Crippen molar-refractivity contribution in [1.29, 1.82) is 0 Å². The normalized spacial score (nSPS) is 20.6. The molecule has 144 valence electrons. The number of halogens is 2. The first-order chi connectivity index (χ1) is 13.0. The highest BCUT2D eigenvalue weighted by Crippen LogP contribution is 2.24. The first-order valence-corrected chi connectivity index (χ1v) is 9.43. The molecule has 2 aliphatic rings. The Bertz CT molecular complexity index is 852. The lowest BCUT2D eigenvalue weighted by Crippen LogP contribution is -2.39. The number of rotatable bonds is 3. The first kappa shape index (κ1) is 18.1. The zero-order valence-corrected chi connectivity index (χ0v) is 15.4. The molecule has 0 bridgehead atoms. The number of aromatic nitrogens is 1. The minimum absolute atomic E-state index is 0.146. The van der Waals surface area contributed by atoms with E-state index in [1.807, 2.05) is 9.80 Å². The highest BCUT2D eigenvalue weighted by atomic mass is 19.1. The van der Waals surface area contributed by atoms with Crippen molar-refractivity contribution in [3.63, 3.8) is 0 Å². The number of nitrogens with zero attached hydrogens (tertiary/aromatic N) is 3. The summed E-state index contributed by atoms with van der Waals surface area (Å²) in [5, 5.41) is 0. The molecule has 1 atom stereocenters. The van der Waals surface area contributed by atoms with Gasteiger partial charge in [-0.25, -0.2) is 13.8 Å². The molecule has 0 aliphatic carbocycles. The lowest BCUT2D eigenvalue weighted by Gasteiger charge is -2.29. The molecule has 1 aromatic heterocycles. The van der Waals surface area contributed by atoms with Crippen molar-refractivity contribution in [3.05, 3.63) is 52.7 Å². The minimum Gasteiger partial charge on any atom is -0.437 e. The van der Waals surface area contributed by atoms with Crippen molar-refractivity contribution in [1.82, 2.24) is 14.8 Å². The number of carbonyl (C=O) groups is 1. The fraction of sp³-hybridized carbons (Fsp3) is 0.500. The molecule has 0 spiro atoms. The number of piperidine rings is 1. The van der Waals surface area contributed by atoms with Crippen LogP contribution < -0.4 is 0 Å². The van der Waals surface area contributed by atoms with Crippen LogP contribution in [0, 0.1) is 17.6 Å². The number of likely N-dealkylation sites (tertiary alicyclic amines) is 1. The third-order valence-corrected chi connectivity index (χ3v) is 5.34. The number of hydrogen-bond donors (Lipinski definition) is 0. The van der Waals surface area contributed by atoms with E-state index in [0.717, 1.165) is 43.8 Å². The van der Waals surface area contributed by atoms with Gasteiger partial charge in [-0.3, -0.25) is 9.69 Å². The number of benzene rings is 1. The zero-order chi connectivity index (χ0) is 19.0. The van der Waals surface area contributed by atoms with Crippen LogP contribution in [0.25, 0.3) is 0 Å². The van der Waals surface area contributed by atoms with Gasteiger partial charge in [-0.05, 0) is 37.0 Å². The Morgan fingerprint density at radius 2 is 2.19 bits per heavy atom. The first-order valence-electron chi connectivity index (χ1n) is 9.43. The van der Waals surface area contributed by atoms with Crippen molar-refractivity contribution in [2.75, 3.05) is 19.6 Å². The van der Waals surface area contributed by atoms with Crippen LogP contribution in [-0.4, -0.2) is 40.3 Å². The Balaban J connectivity index is 1.46. The van der Waals surface area contributed by atoms with Gasteiger partial charge in [-0.2, -0.15) is 0 Å². The summed E-state index contributed by atoms with van der Waals surface area (Å²) >= 11 is 0. The molecule has 2 aromatic rings. The third-order valence-electron chi connectivity index (χ3n) is 5.34. The van der Waals surface area contributed by atoms with Gasteiger partial charge in [0.05, 0.1) is 5.69 Å². The van der Waals surface area contributed by atoms with Crippen LogP contribution in [0.1, 0.15) is 47.5 Å². The summed E-state index contributed by atoms with van der Waals surface area (Å²) in [4.78, 5) is 20.9. The molecule has 0 saturated carbocycles. The third kappa shape index (κ3) is 3.88. The van der Waals surface area contributed by atoms with Crippen LogP contribution in [0.2, 0.25) is 0 Å². The second-order valence-electron chi connectivity index (χ2n) is 7.58. The Morgan fingerprint density at radius 1 is 1.33 bits per heavy atom. The number of fused-ring (bicyclic) bond motifs is 1. The maximum absolute atomic E-state index is 13.9. The second-order valence-corrected chi connectivity index (χ2v) is 7.58. The van der Waals surface area contributed by atoms with E-state index in [9.17, 15) is 13.6 Å². The molecular weight excluding hydrogens is 352 g/mol. The summed E-state index contributed by atoms with van der Waals surface area (Å²) in [7, 11) is 0. The molecule has 0 unspecified atom stereocenters. The second kappa shape index (κ2) is 7.38. The maximum Gasteiger partial charge on any atom is 0.309 e. The molecule has 1 fully saturated rings. The highest BCUT2D eigenvalue weighted by Gasteiger charge is 2.29. The molecule has 1 saturated heterocycles. The Hall–Kier alpha value is -2.28. The predicted molar refractivity (Wildman–Crippen MR) is 95.0 cm³/mol. The van der Waals surface area contributed by atoms with E-state index in [1.54, 1.807) is 0 Å². The number of carbonyl (C=O) groups excluding carboxylic acids is 1. The molecule has 0 N–H and O–H groups in total. The standard InChI is InChI=1S/C20H23F2N3O2/c1-13-3-2-7-25(10-13)20(26)19-23-17-12-24(8-6-18(17)27-19)11-14-9-15(21)4-5-16(14)22/h4-5,9,13H,2-3,6-8,10-12H2,1H3/t13-/m0/s1. The lowest BCUT2D eigenvalue weighted by molar-refractivity contribution is 0.0640. The van der Waals surface area contributed by atoms with E-state index < -0.39 is 11.6 Å². The Kier molecular flexibility index (Phi) is 4.95. The molecule has 1 amide bonds. The smallest absolute Gasteiger partial charge is 0.309 e. The Labute approximate surface area is 157 Å². The molecule has 4 rings (SSSR count). The van der Waals surface area contributed by atoms with Gasteiger partial charge in [-0.1, -0.05) is 6.92 Å². The molecule has 5 nitrogen and oxygen atoms in total. The van der Waals surface area contributed by atoms with Gasteiger partial charge < -0.3 is 9.32 Å². The van der Waals surface area contributed by atoms with Gasteiger partial charge in [0.2, 0.25) is 0 Å². The fourth-order valence-corrected chi connectivity index (χ4v) is 3.89. The van der Waals surface area contributed by atoms with Gasteiger partial charge in [0.25, 0.3) is 5.89 Å². The molecule has 27 heavy (non-hydrogen) atoms. The van der Waals surface area contributed by atoms with Crippen LogP contribution in [-0.2, 0) is 19.5 Å². The van der Waals surface area contributed by atoms with Gasteiger partial charge in [0, 0.05) is 44.7 Å². The zero-order valence-electron chi connectivity index (χ0n) is 15.4. The predicted octanol–water partition coefficient (Wildman–Crippen LogP) is 3.38. The summed E-state index contributed by atoms with van der Waals surface area (Å²) in [5.74, 6) is 0.335. The topological polar surface area (TPSA) is 49.6 Å². The molecular formula is C20H23F2N3O2. The SMILES string of the molecule is C[C@H]1CCCN(C(=O)c2nc3c(o2)CCN(Cc2cc(F)ccc2F)C3)C1. The number of amides is 1. The van der Waals surface area contributed by atoms with E-state index in [1.165, 1.54) is 6.07 Å². The van der Waals surface area contributed by atoms with Gasteiger partial charge in [0.15, 0.2) is 0 Å². The fourth-order valence-electron chi connectivity index (χ4n) is 3.89. The highest BCUT2D eigenvalue weighted by molar-refractivity contribution is 5.89. The van der Waals surface area contributed by atoms with Gasteiger partial charge >= 0.3 is 5.91 Å². The van der Waals surface area contributed by atoms with Crippen molar-refractivity contribution in [2.45, 2.75) is 39.3 Å². The van der Waals surface area contributed by atoms with E-state index in [0.29, 0.717) is 43.2 Å². The lowest BCUT2D eigenvalue weighted by atomic mass is 10.0. The summed E-state index contributed by atoms with van der Waals surface area (Å²) in [6, 6.07) is 3.48. The Morgan fingerprint density at radius 3 is 3.00 bits per heavy atom. The van der Waals surface area contributed by atoms with Crippen LogP contribution in [0.4, 0.5) is 8.78 Å². The van der Waals surface area contributed by atoms with Crippen LogP contribution in [0.3, 0.4) is 0 Å². The summed E-state index contributed by atoms with van der Waals surface area (Å²) in [5.41, 5.74) is 1.03. The van der Waals surface area contributed by atoms with Gasteiger partial charge in [0.1, 0.15) is 17.4 Å². The molecule has 3 heterocycles.